The third kappa shape index (κ3) is 4.16. The highest BCUT2D eigenvalue weighted by Gasteiger charge is 1.97. The molecule has 0 bridgehead atoms. The first-order valence-electron chi connectivity index (χ1n) is 4.79. The first-order valence-corrected chi connectivity index (χ1v) is 5.20. The third-order valence-electron chi connectivity index (χ3n) is 1.85. The fraction of sp³-hybridized carbons (Fsp3) is 0.364. The van der Waals surface area contributed by atoms with E-state index < -0.39 is 0 Å². The molecule has 3 nitrogen and oxygen atoms in total. The fourth-order valence-corrected chi connectivity index (χ4v) is 1.27. The van der Waals surface area contributed by atoms with Crippen molar-refractivity contribution in [1.82, 2.24) is 5.32 Å². The summed E-state index contributed by atoms with van der Waals surface area (Å²) in [6, 6.07) is 7.70. The van der Waals surface area contributed by atoms with Crippen LogP contribution in [0.1, 0.15) is 12.5 Å². The Bertz CT molecular complexity index is 311. The Labute approximate surface area is 95.4 Å². The van der Waals surface area contributed by atoms with Crippen molar-refractivity contribution in [2.24, 2.45) is 0 Å². The molecule has 0 saturated carbocycles. The number of thiocarbonyl (C=S) groups is 1. The second kappa shape index (κ2) is 6.24. The molecule has 0 unspecified atom stereocenters. The Morgan fingerprint density at radius 1 is 1.33 bits per heavy atom. The van der Waals surface area contributed by atoms with Gasteiger partial charge in [-0.25, -0.2) is 0 Å². The van der Waals surface area contributed by atoms with Crippen LogP contribution in [0.3, 0.4) is 0 Å². The molecule has 1 aromatic carbocycles. The van der Waals surface area contributed by atoms with Gasteiger partial charge in [0.25, 0.3) is 5.17 Å². The van der Waals surface area contributed by atoms with Crippen LogP contribution in [0.5, 0.6) is 5.75 Å². The molecule has 4 heteroatoms. The monoisotopic (exact) mass is 225 g/mol. The summed E-state index contributed by atoms with van der Waals surface area (Å²) < 4.78 is 10.4. The van der Waals surface area contributed by atoms with E-state index in [-0.39, 0.29) is 0 Å². The van der Waals surface area contributed by atoms with Crippen LogP contribution < -0.4 is 10.1 Å². The molecule has 15 heavy (non-hydrogen) atoms. The van der Waals surface area contributed by atoms with E-state index in [2.05, 4.69) is 5.32 Å². The Balaban J connectivity index is 2.40. The van der Waals surface area contributed by atoms with E-state index in [1.54, 1.807) is 7.11 Å². The summed E-state index contributed by atoms with van der Waals surface area (Å²) in [5.74, 6) is 0.841. The molecular formula is C11H15NO2S. The first kappa shape index (κ1) is 11.8. The molecule has 0 amide bonds. The molecule has 0 aliphatic rings. The van der Waals surface area contributed by atoms with E-state index in [4.69, 9.17) is 21.7 Å². The van der Waals surface area contributed by atoms with Gasteiger partial charge in [0.1, 0.15) is 12.4 Å². The van der Waals surface area contributed by atoms with Gasteiger partial charge < -0.3 is 14.8 Å². The average Bonchev–Trinajstić information content (AvgIpc) is 2.27. The second-order valence-electron chi connectivity index (χ2n) is 2.95. The second-order valence-corrected chi connectivity index (χ2v) is 3.33. The number of ether oxygens (including phenoxy) is 2. The van der Waals surface area contributed by atoms with Gasteiger partial charge in [-0.3, -0.25) is 0 Å². The zero-order valence-corrected chi connectivity index (χ0v) is 9.76. The molecule has 82 valence electrons. The van der Waals surface area contributed by atoms with Crippen LogP contribution in [0.2, 0.25) is 0 Å². The minimum atomic E-state index is 0.438. The van der Waals surface area contributed by atoms with Gasteiger partial charge in [0.05, 0.1) is 7.11 Å². The van der Waals surface area contributed by atoms with Gasteiger partial charge in [-0.15, -0.1) is 0 Å². The summed E-state index contributed by atoms with van der Waals surface area (Å²) in [6.07, 6.45) is 0. The fourth-order valence-electron chi connectivity index (χ4n) is 1.07. The predicted molar refractivity (Wildman–Crippen MR) is 64.1 cm³/mol. The van der Waals surface area contributed by atoms with E-state index in [1.807, 2.05) is 31.2 Å². The van der Waals surface area contributed by atoms with Crippen molar-refractivity contribution in [2.75, 3.05) is 13.7 Å². The number of methoxy groups -OCH3 is 1. The van der Waals surface area contributed by atoms with Crippen molar-refractivity contribution >= 4 is 17.4 Å². The van der Waals surface area contributed by atoms with Crippen molar-refractivity contribution in [2.45, 2.75) is 13.5 Å². The summed E-state index contributed by atoms with van der Waals surface area (Å²) >= 11 is 4.94. The molecule has 0 aromatic heterocycles. The van der Waals surface area contributed by atoms with Crippen LogP contribution in [-0.4, -0.2) is 18.8 Å². The molecule has 0 heterocycles. The molecule has 1 aromatic rings. The zero-order chi connectivity index (χ0) is 11.1. The summed E-state index contributed by atoms with van der Waals surface area (Å²) in [5, 5.41) is 3.36. The first-order chi connectivity index (χ1) is 7.26. The van der Waals surface area contributed by atoms with Gasteiger partial charge in [-0.05, 0) is 36.8 Å². The summed E-state index contributed by atoms with van der Waals surface area (Å²) in [6.45, 7) is 3.24. The largest absolute Gasteiger partial charge is 0.497 e. The standard InChI is InChI=1S/C11H15NO2S/c1-3-12-11(15)14-8-9-4-6-10(13-2)7-5-9/h4-7H,3,8H2,1-2H3,(H,12,15). The van der Waals surface area contributed by atoms with Crippen molar-refractivity contribution in [3.05, 3.63) is 29.8 Å². The van der Waals surface area contributed by atoms with Gasteiger partial charge >= 0.3 is 0 Å². The van der Waals surface area contributed by atoms with Crippen LogP contribution in [0.4, 0.5) is 0 Å². The van der Waals surface area contributed by atoms with Crippen LogP contribution in [0, 0.1) is 0 Å². The minimum Gasteiger partial charge on any atom is -0.497 e. The molecular weight excluding hydrogens is 210 g/mol. The Hall–Kier alpha value is -1.29. The topological polar surface area (TPSA) is 30.5 Å². The smallest absolute Gasteiger partial charge is 0.256 e. The molecule has 0 aliphatic heterocycles. The van der Waals surface area contributed by atoms with Crippen molar-refractivity contribution in [3.8, 4) is 5.75 Å². The van der Waals surface area contributed by atoms with Crippen molar-refractivity contribution < 1.29 is 9.47 Å². The number of hydrogen-bond acceptors (Lipinski definition) is 3. The van der Waals surface area contributed by atoms with Crippen molar-refractivity contribution in [3.63, 3.8) is 0 Å². The zero-order valence-electron chi connectivity index (χ0n) is 8.95. The van der Waals surface area contributed by atoms with E-state index in [0.29, 0.717) is 11.8 Å². The molecule has 1 rings (SSSR count). The summed E-state index contributed by atoms with van der Waals surface area (Å²) in [7, 11) is 1.64. The highest BCUT2D eigenvalue weighted by molar-refractivity contribution is 7.80. The molecule has 0 radical (unpaired) electrons. The number of rotatable bonds is 4. The van der Waals surface area contributed by atoms with E-state index >= 15 is 0 Å². The lowest BCUT2D eigenvalue weighted by molar-refractivity contribution is 0.287. The quantitative estimate of drug-likeness (QED) is 0.795. The lowest BCUT2D eigenvalue weighted by Gasteiger charge is -2.08. The highest BCUT2D eigenvalue weighted by Crippen LogP contribution is 2.11. The lowest BCUT2D eigenvalue weighted by atomic mass is 10.2. The lowest BCUT2D eigenvalue weighted by Crippen LogP contribution is -2.23. The Morgan fingerprint density at radius 3 is 2.53 bits per heavy atom. The van der Waals surface area contributed by atoms with Gasteiger partial charge in [0, 0.05) is 6.54 Å². The van der Waals surface area contributed by atoms with E-state index in [9.17, 15) is 0 Å². The third-order valence-corrected chi connectivity index (χ3v) is 2.11. The SMILES string of the molecule is CCNC(=S)OCc1ccc(OC)cc1. The van der Waals surface area contributed by atoms with Crippen molar-refractivity contribution in [1.29, 1.82) is 0 Å². The maximum Gasteiger partial charge on any atom is 0.256 e. The van der Waals surface area contributed by atoms with Gasteiger partial charge in [0.2, 0.25) is 0 Å². The molecule has 1 N–H and O–H groups in total. The predicted octanol–water partition coefficient (Wildman–Crippen LogP) is 2.11. The Morgan fingerprint density at radius 2 is 2.00 bits per heavy atom. The molecule has 0 atom stereocenters. The van der Waals surface area contributed by atoms with E-state index in [1.165, 1.54) is 0 Å². The van der Waals surface area contributed by atoms with Crippen LogP contribution >= 0.6 is 12.2 Å². The van der Waals surface area contributed by atoms with Gasteiger partial charge in [0.15, 0.2) is 0 Å². The maximum absolute atomic E-state index is 5.32. The molecule has 0 aliphatic carbocycles. The normalized spacial score (nSPS) is 9.47. The van der Waals surface area contributed by atoms with Crippen LogP contribution in [0.15, 0.2) is 24.3 Å². The highest BCUT2D eigenvalue weighted by atomic mass is 32.1. The summed E-state index contributed by atoms with van der Waals surface area (Å²) in [4.78, 5) is 0. The van der Waals surface area contributed by atoms with Gasteiger partial charge in [-0.2, -0.15) is 0 Å². The molecule has 0 saturated heterocycles. The van der Waals surface area contributed by atoms with Crippen LogP contribution in [0.25, 0.3) is 0 Å². The Kier molecular flexibility index (Phi) is 4.90. The van der Waals surface area contributed by atoms with Gasteiger partial charge in [-0.1, -0.05) is 12.1 Å². The molecule has 0 spiro atoms. The minimum absolute atomic E-state index is 0.438. The summed E-state index contributed by atoms with van der Waals surface area (Å²) in [5.41, 5.74) is 1.07. The average molecular weight is 225 g/mol. The number of nitrogens with one attached hydrogen (secondary N) is 1. The number of benzene rings is 1. The number of hydrogen-bond donors (Lipinski definition) is 1. The maximum atomic E-state index is 5.32. The van der Waals surface area contributed by atoms with Crippen LogP contribution in [-0.2, 0) is 11.3 Å². The molecule has 0 fully saturated rings. The van der Waals surface area contributed by atoms with E-state index in [0.717, 1.165) is 17.9 Å².